The zero-order valence-electron chi connectivity index (χ0n) is 11.8. The number of non-ortho nitro benzene ring substituents is 1. The van der Waals surface area contributed by atoms with E-state index in [4.69, 9.17) is 0 Å². The second-order valence-electron chi connectivity index (χ2n) is 5.42. The Labute approximate surface area is 120 Å². The summed E-state index contributed by atoms with van der Waals surface area (Å²) in [6.45, 7) is 5.41. The van der Waals surface area contributed by atoms with E-state index >= 15 is 0 Å². The molecule has 9 heteroatoms. The summed E-state index contributed by atoms with van der Waals surface area (Å²) < 4.78 is 0. The molecule has 0 fully saturated rings. The molecule has 0 saturated heterocycles. The van der Waals surface area contributed by atoms with Gasteiger partial charge < -0.3 is 5.11 Å². The van der Waals surface area contributed by atoms with E-state index in [0.717, 1.165) is 12.1 Å². The summed E-state index contributed by atoms with van der Waals surface area (Å²) in [5, 5.41) is 35.0. The fourth-order valence-electron chi connectivity index (χ4n) is 1.28. The third-order valence-electron chi connectivity index (χ3n) is 2.68. The van der Waals surface area contributed by atoms with Crippen LogP contribution in [0.5, 0.6) is 0 Å². The summed E-state index contributed by atoms with van der Waals surface area (Å²) in [6.07, 6.45) is 0.368. The molecule has 1 aromatic rings. The zero-order chi connectivity index (χ0) is 16.2. The van der Waals surface area contributed by atoms with Crippen molar-refractivity contribution in [2.24, 2.45) is 10.5 Å². The third-order valence-corrected chi connectivity index (χ3v) is 2.68. The predicted molar refractivity (Wildman–Crippen MR) is 77.3 cm³/mol. The average molecular weight is 296 g/mol. The smallest absolute Gasteiger partial charge is 0.301 e. The Morgan fingerprint density at radius 1 is 1.29 bits per heavy atom. The first-order valence-corrected chi connectivity index (χ1v) is 6.03. The van der Waals surface area contributed by atoms with Crippen LogP contribution in [-0.2, 0) is 0 Å². The number of hydrogen-bond acceptors (Lipinski definition) is 7. The van der Waals surface area contributed by atoms with Gasteiger partial charge >= 0.3 is 5.69 Å². The van der Waals surface area contributed by atoms with Crippen molar-refractivity contribution in [1.29, 1.82) is 0 Å². The Morgan fingerprint density at radius 3 is 2.38 bits per heavy atom. The Bertz CT molecular complexity index is 580. The highest BCUT2D eigenvalue weighted by atomic mass is 16.6. The minimum Gasteiger partial charge on any atom is -0.387 e. The molecule has 0 aliphatic heterocycles. The Kier molecular flexibility index (Phi) is 4.93. The number of anilines is 1. The lowest BCUT2D eigenvalue weighted by Gasteiger charge is -2.21. The molecule has 0 saturated carbocycles. The minimum atomic E-state index is -0.845. The largest absolute Gasteiger partial charge is 0.387 e. The number of nitro benzene ring substituents is 2. The molecule has 1 unspecified atom stereocenters. The molecule has 0 aliphatic rings. The number of nitrogens with zero attached hydrogens (tertiary/aromatic N) is 3. The first-order chi connectivity index (χ1) is 9.62. The Morgan fingerprint density at radius 2 is 1.90 bits per heavy atom. The van der Waals surface area contributed by atoms with E-state index in [0.29, 0.717) is 0 Å². The Hall–Kier alpha value is -2.55. The van der Waals surface area contributed by atoms with Crippen molar-refractivity contribution in [3.8, 4) is 0 Å². The summed E-state index contributed by atoms with van der Waals surface area (Å²) in [5.41, 5.74) is 1.14. The van der Waals surface area contributed by atoms with Crippen LogP contribution >= 0.6 is 0 Å². The standard InChI is InChI=1S/C12H16N4O5/c1-12(2,3)11(17)7-13-14-9-5-4-8(15(18)19)6-10(9)16(20)21/h4-7,11,14,17H,1-3H3/b13-7+. The van der Waals surface area contributed by atoms with Gasteiger partial charge in [0.05, 0.1) is 28.2 Å². The molecule has 21 heavy (non-hydrogen) atoms. The number of nitro groups is 2. The van der Waals surface area contributed by atoms with E-state index in [1.54, 1.807) is 20.8 Å². The van der Waals surface area contributed by atoms with Gasteiger partial charge in [-0.1, -0.05) is 20.8 Å². The maximum Gasteiger partial charge on any atom is 0.301 e. The highest BCUT2D eigenvalue weighted by molar-refractivity contribution is 5.69. The summed E-state index contributed by atoms with van der Waals surface area (Å²) in [7, 11) is 0. The van der Waals surface area contributed by atoms with E-state index in [1.165, 1.54) is 12.3 Å². The van der Waals surface area contributed by atoms with Crippen LogP contribution < -0.4 is 5.43 Å². The average Bonchev–Trinajstić information content (AvgIpc) is 2.37. The summed E-state index contributed by atoms with van der Waals surface area (Å²) in [6, 6.07) is 3.17. The maximum absolute atomic E-state index is 10.9. The molecular formula is C12H16N4O5. The van der Waals surface area contributed by atoms with Crippen LogP contribution in [0.25, 0.3) is 0 Å². The fraction of sp³-hybridized carbons (Fsp3) is 0.417. The molecule has 0 spiro atoms. The van der Waals surface area contributed by atoms with Gasteiger partial charge in [0.2, 0.25) is 0 Å². The van der Waals surface area contributed by atoms with Gasteiger partial charge in [-0.2, -0.15) is 5.10 Å². The molecule has 1 rings (SSSR count). The van der Waals surface area contributed by atoms with Crippen LogP contribution in [0.3, 0.4) is 0 Å². The SMILES string of the molecule is CC(C)(C)C(O)/C=N/Nc1ccc([N+](=O)[O-])cc1[N+](=O)[O-]. The highest BCUT2D eigenvalue weighted by Gasteiger charge is 2.21. The van der Waals surface area contributed by atoms with Crippen molar-refractivity contribution < 1.29 is 15.0 Å². The third kappa shape index (κ3) is 4.49. The van der Waals surface area contributed by atoms with E-state index in [9.17, 15) is 25.3 Å². The molecular weight excluding hydrogens is 280 g/mol. The molecule has 0 heterocycles. The van der Waals surface area contributed by atoms with Gasteiger partial charge in [0, 0.05) is 6.07 Å². The van der Waals surface area contributed by atoms with Crippen LogP contribution in [0, 0.1) is 25.6 Å². The van der Waals surface area contributed by atoms with Crippen LogP contribution in [0.4, 0.5) is 17.1 Å². The normalized spacial score (nSPS) is 13.1. The molecule has 1 atom stereocenters. The van der Waals surface area contributed by atoms with Crippen molar-refractivity contribution in [1.82, 2.24) is 0 Å². The van der Waals surface area contributed by atoms with Crippen molar-refractivity contribution >= 4 is 23.3 Å². The molecule has 1 aromatic carbocycles. The van der Waals surface area contributed by atoms with E-state index in [1.807, 2.05) is 0 Å². The van der Waals surface area contributed by atoms with Gasteiger partial charge in [-0.25, -0.2) is 0 Å². The highest BCUT2D eigenvalue weighted by Crippen LogP contribution is 2.28. The molecule has 0 radical (unpaired) electrons. The monoisotopic (exact) mass is 296 g/mol. The number of nitrogens with one attached hydrogen (secondary N) is 1. The number of benzene rings is 1. The molecule has 0 aromatic heterocycles. The first-order valence-electron chi connectivity index (χ1n) is 6.03. The van der Waals surface area contributed by atoms with E-state index < -0.39 is 27.1 Å². The summed E-state index contributed by atoms with van der Waals surface area (Å²) in [5.74, 6) is 0. The predicted octanol–water partition coefficient (Wildman–Crippen LogP) is 2.31. The zero-order valence-corrected chi connectivity index (χ0v) is 11.8. The van der Waals surface area contributed by atoms with Crippen molar-refractivity contribution in [2.45, 2.75) is 26.9 Å². The number of aliphatic hydroxyl groups is 1. The fourth-order valence-corrected chi connectivity index (χ4v) is 1.28. The number of aliphatic hydroxyl groups excluding tert-OH is 1. The molecule has 0 aliphatic carbocycles. The minimum absolute atomic E-state index is 0.00274. The van der Waals surface area contributed by atoms with Crippen LogP contribution in [0.15, 0.2) is 23.3 Å². The summed E-state index contributed by atoms with van der Waals surface area (Å²) >= 11 is 0. The number of hydrogen-bond donors (Lipinski definition) is 2. The van der Waals surface area contributed by atoms with E-state index in [2.05, 4.69) is 10.5 Å². The lowest BCUT2D eigenvalue weighted by Crippen LogP contribution is -2.27. The molecule has 0 amide bonds. The van der Waals surface area contributed by atoms with E-state index in [-0.39, 0.29) is 11.4 Å². The lowest BCUT2D eigenvalue weighted by molar-refractivity contribution is -0.393. The van der Waals surface area contributed by atoms with Crippen molar-refractivity contribution in [3.05, 3.63) is 38.4 Å². The maximum atomic E-state index is 10.9. The Balaban J connectivity index is 2.96. The number of rotatable bonds is 5. The van der Waals surface area contributed by atoms with Crippen molar-refractivity contribution in [2.75, 3.05) is 5.43 Å². The van der Waals surface area contributed by atoms with Gasteiger partial charge in [-0.15, -0.1) is 0 Å². The molecule has 2 N–H and O–H groups in total. The quantitative estimate of drug-likeness (QED) is 0.487. The van der Waals surface area contributed by atoms with Crippen LogP contribution in [0.2, 0.25) is 0 Å². The van der Waals surface area contributed by atoms with Gasteiger partial charge in [-0.05, 0) is 11.5 Å². The van der Waals surface area contributed by atoms with Gasteiger partial charge in [0.15, 0.2) is 0 Å². The second kappa shape index (κ2) is 6.27. The molecule has 114 valence electrons. The second-order valence-corrected chi connectivity index (χ2v) is 5.42. The molecule has 0 bridgehead atoms. The van der Waals surface area contributed by atoms with Gasteiger partial charge in [0.25, 0.3) is 5.69 Å². The number of hydrazone groups is 1. The lowest BCUT2D eigenvalue weighted by atomic mass is 9.90. The van der Waals surface area contributed by atoms with Gasteiger partial charge in [-0.3, -0.25) is 25.7 Å². The van der Waals surface area contributed by atoms with Gasteiger partial charge in [0.1, 0.15) is 5.69 Å². The summed E-state index contributed by atoms with van der Waals surface area (Å²) in [4.78, 5) is 20.0. The van der Waals surface area contributed by atoms with Crippen molar-refractivity contribution in [3.63, 3.8) is 0 Å². The topological polar surface area (TPSA) is 131 Å². The first kappa shape index (κ1) is 16.5. The molecule has 9 nitrogen and oxygen atoms in total. The van der Waals surface area contributed by atoms with Crippen LogP contribution in [0.1, 0.15) is 20.8 Å². The van der Waals surface area contributed by atoms with Crippen LogP contribution in [-0.4, -0.2) is 27.3 Å².